The molecule has 1 aromatic carbocycles. The summed E-state index contributed by atoms with van der Waals surface area (Å²) in [6.07, 6.45) is -0.278. The molecule has 66 valence electrons. The maximum atomic E-state index is 8.63. The van der Waals surface area contributed by atoms with E-state index in [1.165, 1.54) is 0 Å². The highest BCUT2D eigenvalue weighted by atomic mass is 16.5. The highest BCUT2D eigenvalue weighted by Crippen LogP contribution is 2.18. The van der Waals surface area contributed by atoms with Gasteiger partial charge in [-0.1, -0.05) is 18.2 Å². The fraction of sp³-hybridized carbons (Fsp3) is 0.300. The summed E-state index contributed by atoms with van der Waals surface area (Å²) in [5.41, 5.74) is 1.11. The van der Waals surface area contributed by atoms with Crippen molar-refractivity contribution >= 4 is 5.69 Å². The third kappa shape index (κ3) is 1.63. The van der Waals surface area contributed by atoms with Gasteiger partial charge in [-0.15, -0.1) is 0 Å². The van der Waals surface area contributed by atoms with Crippen LogP contribution >= 0.6 is 0 Å². The van der Waals surface area contributed by atoms with Gasteiger partial charge in [0.15, 0.2) is 6.10 Å². The second-order valence-electron chi connectivity index (χ2n) is 2.97. The zero-order valence-corrected chi connectivity index (χ0v) is 7.18. The van der Waals surface area contributed by atoms with Gasteiger partial charge in [-0.25, -0.2) is 0 Å². The summed E-state index contributed by atoms with van der Waals surface area (Å²) < 4.78 is 5.23. The van der Waals surface area contributed by atoms with Crippen LogP contribution in [-0.4, -0.2) is 19.4 Å². The molecule has 0 aliphatic carbocycles. The molecule has 0 spiro atoms. The van der Waals surface area contributed by atoms with Gasteiger partial charge in [0, 0.05) is 5.69 Å². The monoisotopic (exact) mass is 174 g/mol. The van der Waals surface area contributed by atoms with Gasteiger partial charge in [-0.3, -0.25) is 0 Å². The van der Waals surface area contributed by atoms with Crippen LogP contribution in [0.4, 0.5) is 5.69 Å². The highest BCUT2D eigenvalue weighted by Gasteiger charge is 2.22. The Morgan fingerprint density at radius 1 is 1.38 bits per heavy atom. The van der Waals surface area contributed by atoms with Gasteiger partial charge >= 0.3 is 0 Å². The van der Waals surface area contributed by atoms with Crippen LogP contribution < -0.4 is 4.90 Å². The largest absolute Gasteiger partial charge is 0.345 e. The maximum absolute atomic E-state index is 8.63. The standard InChI is InChI=1S/C10H10N2O/c11-6-10-7-12(8-13-10)9-4-2-1-3-5-9/h1-5,10H,7-8H2/t10-/m1/s1. The van der Waals surface area contributed by atoms with Crippen LogP contribution in [0.3, 0.4) is 0 Å². The summed E-state index contributed by atoms with van der Waals surface area (Å²) in [5, 5.41) is 8.63. The molecule has 1 aromatic rings. The van der Waals surface area contributed by atoms with Crippen molar-refractivity contribution < 1.29 is 4.74 Å². The molecule has 1 aliphatic heterocycles. The molecule has 0 bridgehead atoms. The first-order valence-electron chi connectivity index (χ1n) is 4.21. The van der Waals surface area contributed by atoms with Gasteiger partial charge in [-0.05, 0) is 12.1 Å². The summed E-state index contributed by atoms with van der Waals surface area (Å²) >= 11 is 0. The molecular weight excluding hydrogens is 164 g/mol. The minimum Gasteiger partial charge on any atom is -0.345 e. The smallest absolute Gasteiger partial charge is 0.163 e. The summed E-state index contributed by atoms with van der Waals surface area (Å²) in [6, 6.07) is 12.1. The van der Waals surface area contributed by atoms with Crippen LogP contribution in [0, 0.1) is 11.3 Å². The minimum absolute atomic E-state index is 0.278. The van der Waals surface area contributed by atoms with E-state index in [1.54, 1.807) is 0 Å². The Balaban J connectivity index is 2.09. The van der Waals surface area contributed by atoms with Crippen molar-refractivity contribution in [2.45, 2.75) is 6.10 Å². The van der Waals surface area contributed by atoms with Gasteiger partial charge in [0.1, 0.15) is 6.73 Å². The second kappa shape index (κ2) is 3.46. The molecule has 0 radical (unpaired) electrons. The molecule has 3 nitrogen and oxygen atoms in total. The van der Waals surface area contributed by atoms with Crippen molar-refractivity contribution in [2.75, 3.05) is 18.2 Å². The zero-order valence-electron chi connectivity index (χ0n) is 7.18. The number of hydrogen-bond donors (Lipinski definition) is 0. The number of nitriles is 1. The Kier molecular flexibility index (Phi) is 2.15. The van der Waals surface area contributed by atoms with Crippen LogP contribution in [-0.2, 0) is 4.74 Å². The molecule has 2 rings (SSSR count). The van der Waals surface area contributed by atoms with E-state index in [0.717, 1.165) is 5.69 Å². The molecular formula is C10H10N2O. The normalized spacial score (nSPS) is 21.5. The van der Waals surface area contributed by atoms with Crippen molar-refractivity contribution in [3.63, 3.8) is 0 Å². The first-order valence-corrected chi connectivity index (χ1v) is 4.21. The second-order valence-corrected chi connectivity index (χ2v) is 2.97. The lowest BCUT2D eigenvalue weighted by atomic mass is 10.3. The predicted octanol–water partition coefficient (Wildman–Crippen LogP) is 1.37. The summed E-state index contributed by atoms with van der Waals surface area (Å²) in [5.74, 6) is 0. The molecule has 0 aromatic heterocycles. The Labute approximate surface area is 77.2 Å². The Bertz CT molecular complexity index is 317. The van der Waals surface area contributed by atoms with Crippen LogP contribution in [0.15, 0.2) is 30.3 Å². The number of hydrogen-bond acceptors (Lipinski definition) is 3. The molecule has 0 amide bonds. The lowest BCUT2D eigenvalue weighted by Gasteiger charge is -2.14. The molecule has 0 unspecified atom stereocenters. The van der Waals surface area contributed by atoms with E-state index in [9.17, 15) is 0 Å². The molecule has 1 saturated heterocycles. The van der Waals surface area contributed by atoms with Crippen molar-refractivity contribution in [1.82, 2.24) is 0 Å². The number of rotatable bonds is 1. The number of nitrogens with zero attached hydrogens (tertiary/aromatic N) is 2. The lowest BCUT2D eigenvalue weighted by Crippen LogP contribution is -2.20. The van der Waals surface area contributed by atoms with Crippen molar-refractivity contribution in [2.24, 2.45) is 0 Å². The fourth-order valence-corrected chi connectivity index (χ4v) is 1.38. The SMILES string of the molecule is N#C[C@@H]1CN(c2ccccc2)CO1. The van der Waals surface area contributed by atoms with Gasteiger partial charge in [0.25, 0.3) is 0 Å². The van der Waals surface area contributed by atoms with Gasteiger partial charge in [0.05, 0.1) is 12.6 Å². The van der Waals surface area contributed by atoms with E-state index < -0.39 is 0 Å². The third-order valence-corrected chi connectivity index (χ3v) is 2.08. The zero-order chi connectivity index (χ0) is 9.10. The van der Waals surface area contributed by atoms with Gasteiger partial charge in [-0.2, -0.15) is 5.26 Å². The van der Waals surface area contributed by atoms with Gasteiger partial charge in [0.2, 0.25) is 0 Å². The molecule has 1 aliphatic rings. The van der Waals surface area contributed by atoms with E-state index in [4.69, 9.17) is 10.00 Å². The molecule has 3 heteroatoms. The molecule has 0 saturated carbocycles. The first-order chi connectivity index (χ1) is 6.40. The van der Waals surface area contributed by atoms with E-state index in [-0.39, 0.29) is 6.10 Å². The van der Waals surface area contributed by atoms with Gasteiger partial charge < -0.3 is 9.64 Å². The number of ether oxygens (including phenoxy) is 1. The van der Waals surface area contributed by atoms with E-state index in [1.807, 2.05) is 35.2 Å². The van der Waals surface area contributed by atoms with Crippen molar-refractivity contribution in [3.05, 3.63) is 30.3 Å². The number of anilines is 1. The summed E-state index contributed by atoms with van der Waals surface area (Å²) in [6.45, 7) is 1.18. The van der Waals surface area contributed by atoms with Crippen molar-refractivity contribution in [3.8, 4) is 6.07 Å². The number of benzene rings is 1. The minimum atomic E-state index is -0.278. The van der Waals surface area contributed by atoms with Crippen molar-refractivity contribution in [1.29, 1.82) is 5.26 Å². The fourth-order valence-electron chi connectivity index (χ4n) is 1.38. The average Bonchev–Trinajstić information content (AvgIpc) is 2.67. The quantitative estimate of drug-likeness (QED) is 0.645. The lowest BCUT2D eigenvalue weighted by molar-refractivity contribution is 0.155. The molecule has 1 atom stereocenters. The van der Waals surface area contributed by atoms with E-state index >= 15 is 0 Å². The predicted molar refractivity (Wildman–Crippen MR) is 49.1 cm³/mol. The number of para-hydroxylation sites is 1. The summed E-state index contributed by atoms with van der Waals surface area (Å²) in [7, 11) is 0. The van der Waals surface area contributed by atoms with Crippen LogP contribution in [0.2, 0.25) is 0 Å². The van der Waals surface area contributed by atoms with Crippen LogP contribution in [0.1, 0.15) is 0 Å². The summed E-state index contributed by atoms with van der Waals surface area (Å²) in [4.78, 5) is 2.05. The average molecular weight is 174 g/mol. The highest BCUT2D eigenvalue weighted by molar-refractivity contribution is 5.46. The van der Waals surface area contributed by atoms with E-state index in [2.05, 4.69) is 6.07 Å². The van der Waals surface area contributed by atoms with Crippen LogP contribution in [0.25, 0.3) is 0 Å². The maximum Gasteiger partial charge on any atom is 0.163 e. The Morgan fingerprint density at radius 3 is 2.77 bits per heavy atom. The third-order valence-electron chi connectivity index (χ3n) is 2.08. The molecule has 1 fully saturated rings. The molecule has 1 heterocycles. The molecule has 0 N–H and O–H groups in total. The Hall–Kier alpha value is -1.53. The first kappa shape index (κ1) is 8.09. The van der Waals surface area contributed by atoms with Crippen LogP contribution in [0.5, 0.6) is 0 Å². The van der Waals surface area contributed by atoms with E-state index in [0.29, 0.717) is 13.3 Å². The topological polar surface area (TPSA) is 36.3 Å². The molecule has 13 heavy (non-hydrogen) atoms. The Morgan fingerprint density at radius 2 is 2.15 bits per heavy atom.